The van der Waals surface area contributed by atoms with E-state index in [2.05, 4.69) is 15.5 Å². The predicted molar refractivity (Wildman–Crippen MR) is 103 cm³/mol. The molecule has 4 aromatic rings. The maximum absolute atomic E-state index is 12.5. The molecule has 2 aromatic heterocycles. The van der Waals surface area contributed by atoms with Gasteiger partial charge in [-0.1, -0.05) is 36.0 Å². The zero-order chi connectivity index (χ0) is 18.1. The largest absolute Gasteiger partial charge is 0.508 e. The van der Waals surface area contributed by atoms with Crippen molar-refractivity contribution in [3.8, 4) is 5.75 Å². The van der Waals surface area contributed by atoms with Crippen molar-refractivity contribution in [3.63, 3.8) is 0 Å². The van der Waals surface area contributed by atoms with Gasteiger partial charge in [-0.25, -0.2) is 0 Å². The molecule has 0 aliphatic carbocycles. The van der Waals surface area contributed by atoms with Crippen LogP contribution in [0.15, 0.2) is 65.8 Å². The van der Waals surface area contributed by atoms with Crippen molar-refractivity contribution in [3.05, 3.63) is 60.7 Å². The Bertz CT molecular complexity index is 1110. The molecule has 4 rings (SSSR count). The number of benzene rings is 2. The Morgan fingerprint density at radius 2 is 1.96 bits per heavy atom. The van der Waals surface area contributed by atoms with Crippen molar-refractivity contribution in [2.45, 2.75) is 17.3 Å². The molecule has 2 N–H and O–H groups in total. The van der Waals surface area contributed by atoms with Gasteiger partial charge in [-0.05, 0) is 42.6 Å². The van der Waals surface area contributed by atoms with Gasteiger partial charge < -0.3 is 10.4 Å². The van der Waals surface area contributed by atoms with Gasteiger partial charge in [0.05, 0.1) is 10.8 Å². The number of phenols is 1. The van der Waals surface area contributed by atoms with E-state index in [1.165, 1.54) is 17.8 Å². The summed E-state index contributed by atoms with van der Waals surface area (Å²) in [5.41, 5.74) is 2.30. The monoisotopic (exact) mass is 364 g/mol. The molecule has 0 radical (unpaired) electrons. The van der Waals surface area contributed by atoms with Crippen molar-refractivity contribution in [1.82, 2.24) is 14.6 Å². The number of hydrogen-bond acceptors (Lipinski definition) is 5. The molecule has 2 heterocycles. The van der Waals surface area contributed by atoms with Crippen LogP contribution in [-0.2, 0) is 4.79 Å². The number of fused-ring (bicyclic) bond motifs is 3. The van der Waals surface area contributed by atoms with Gasteiger partial charge in [0.25, 0.3) is 0 Å². The topological polar surface area (TPSA) is 79.5 Å². The third kappa shape index (κ3) is 3.09. The Hall–Kier alpha value is -3.06. The molecule has 7 heteroatoms. The molecule has 0 saturated carbocycles. The van der Waals surface area contributed by atoms with Crippen LogP contribution in [0.4, 0.5) is 5.69 Å². The Morgan fingerprint density at radius 1 is 1.12 bits per heavy atom. The number of thioether (sulfide) groups is 1. The second-order valence-electron chi connectivity index (χ2n) is 5.87. The number of hydrogen-bond donors (Lipinski definition) is 2. The van der Waals surface area contributed by atoms with E-state index in [9.17, 15) is 9.90 Å². The quantitative estimate of drug-likeness (QED) is 0.540. The molecule has 6 nitrogen and oxygen atoms in total. The van der Waals surface area contributed by atoms with Crippen LogP contribution >= 0.6 is 11.8 Å². The molecule has 0 saturated heterocycles. The fraction of sp³-hybridized carbons (Fsp3) is 0.105. The first-order valence-corrected chi connectivity index (χ1v) is 8.99. The molecule has 1 amide bonds. The van der Waals surface area contributed by atoms with Gasteiger partial charge in [0.1, 0.15) is 5.75 Å². The number of nitrogens with one attached hydrogen (secondary N) is 1. The lowest BCUT2D eigenvalue weighted by molar-refractivity contribution is -0.115. The fourth-order valence-electron chi connectivity index (χ4n) is 2.73. The van der Waals surface area contributed by atoms with Crippen LogP contribution in [0.2, 0.25) is 0 Å². The second-order valence-corrected chi connectivity index (χ2v) is 7.18. The summed E-state index contributed by atoms with van der Waals surface area (Å²) < 4.78 is 1.96. The van der Waals surface area contributed by atoms with E-state index in [4.69, 9.17) is 0 Å². The lowest BCUT2D eigenvalue weighted by Crippen LogP contribution is -2.22. The third-order valence-corrected chi connectivity index (χ3v) is 5.06. The van der Waals surface area contributed by atoms with Crippen LogP contribution in [-0.4, -0.2) is 30.9 Å². The van der Waals surface area contributed by atoms with Crippen molar-refractivity contribution >= 4 is 39.9 Å². The maximum atomic E-state index is 12.5. The van der Waals surface area contributed by atoms with E-state index in [1.54, 1.807) is 18.2 Å². The summed E-state index contributed by atoms with van der Waals surface area (Å²) in [4.78, 5) is 12.5. The molecule has 0 fully saturated rings. The SMILES string of the molecule is CC(Sc1nnc2ccc3ccccc3n12)C(=O)Nc1cccc(O)c1. The number of pyridine rings is 1. The lowest BCUT2D eigenvalue weighted by atomic mass is 10.2. The van der Waals surface area contributed by atoms with E-state index in [1.807, 2.05) is 47.7 Å². The number of aromatic nitrogens is 3. The summed E-state index contributed by atoms with van der Waals surface area (Å²) in [5.74, 6) is -0.0596. The van der Waals surface area contributed by atoms with Crippen molar-refractivity contribution in [2.75, 3.05) is 5.32 Å². The summed E-state index contributed by atoms with van der Waals surface area (Å²) in [6, 6.07) is 18.4. The maximum Gasteiger partial charge on any atom is 0.237 e. The van der Waals surface area contributed by atoms with Gasteiger partial charge in [0, 0.05) is 11.8 Å². The van der Waals surface area contributed by atoms with E-state index < -0.39 is 0 Å². The molecule has 0 aliphatic rings. The van der Waals surface area contributed by atoms with E-state index in [-0.39, 0.29) is 16.9 Å². The first-order valence-electron chi connectivity index (χ1n) is 8.11. The average molecular weight is 364 g/mol. The molecular formula is C19H16N4O2S. The summed E-state index contributed by atoms with van der Waals surface area (Å²) in [5, 5.41) is 22.1. The molecule has 0 aliphatic heterocycles. The number of carbonyl (C=O) groups excluding carboxylic acids is 1. The highest BCUT2D eigenvalue weighted by Crippen LogP contribution is 2.27. The highest BCUT2D eigenvalue weighted by molar-refractivity contribution is 8.00. The fourth-order valence-corrected chi connectivity index (χ4v) is 3.60. The summed E-state index contributed by atoms with van der Waals surface area (Å²) in [7, 11) is 0. The second kappa shape index (κ2) is 6.68. The van der Waals surface area contributed by atoms with Gasteiger partial charge in [0.2, 0.25) is 5.91 Å². The van der Waals surface area contributed by atoms with Gasteiger partial charge in [-0.2, -0.15) is 0 Å². The summed E-state index contributed by atoms with van der Waals surface area (Å²) in [6.45, 7) is 1.81. The predicted octanol–water partition coefficient (Wildman–Crippen LogP) is 3.71. The molecule has 2 aromatic carbocycles. The number of anilines is 1. The number of amides is 1. The van der Waals surface area contributed by atoms with Crippen LogP contribution in [0, 0.1) is 0 Å². The Kier molecular flexibility index (Phi) is 4.22. The number of phenolic OH excluding ortho intramolecular Hbond substituents is 1. The minimum atomic E-state index is -0.385. The van der Waals surface area contributed by atoms with Crippen LogP contribution in [0.1, 0.15) is 6.92 Å². The first kappa shape index (κ1) is 16.4. The van der Waals surface area contributed by atoms with Gasteiger partial charge in [-0.15, -0.1) is 10.2 Å². The zero-order valence-electron chi connectivity index (χ0n) is 14.0. The zero-order valence-corrected chi connectivity index (χ0v) is 14.8. The van der Waals surface area contributed by atoms with E-state index in [0.29, 0.717) is 10.8 Å². The number of nitrogens with zero attached hydrogens (tertiary/aromatic N) is 3. The highest BCUT2D eigenvalue weighted by atomic mass is 32.2. The Labute approximate surface area is 153 Å². The van der Waals surface area contributed by atoms with Crippen LogP contribution < -0.4 is 5.32 Å². The molecule has 0 spiro atoms. The number of carbonyl (C=O) groups is 1. The van der Waals surface area contributed by atoms with E-state index >= 15 is 0 Å². The molecule has 1 unspecified atom stereocenters. The minimum absolute atomic E-state index is 0.109. The van der Waals surface area contributed by atoms with Crippen molar-refractivity contribution < 1.29 is 9.90 Å². The number of para-hydroxylation sites is 1. The summed E-state index contributed by atoms with van der Waals surface area (Å²) >= 11 is 1.34. The van der Waals surface area contributed by atoms with Crippen molar-refractivity contribution in [2.24, 2.45) is 0 Å². The normalized spacial score (nSPS) is 12.3. The van der Waals surface area contributed by atoms with Crippen molar-refractivity contribution in [1.29, 1.82) is 0 Å². The first-order chi connectivity index (χ1) is 12.6. The Morgan fingerprint density at radius 3 is 2.81 bits per heavy atom. The van der Waals surface area contributed by atoms with Gasteiger partial charge in [0.15, 0.2) is 10.8 Å². The smallest absolute Gasteiger partial charge is 0.237 e. The molecule has 130 valence electrons. The number of aromatic hydroxyl groups is 1. The lowest BCUT2D eigenvalue weighted by Gasteiger charge is -2.12. The molecule has 1 atom stereocenters. The van der Waals surface area contributed by atoms with Gasteiger partial charge >= 0.3 is 0 Å². The Balaban J connectivity index is 1.60. The van der Waals surface area contributed by atoms with Crippen LogP contribution in [0.25, 0.3) is 16.6 Å². The van der Waals surface area contributed by atoms with E-state index in [0.717, 1.165) is 16.6 Å². The molecule has 26 heavy (non-hydrogen) atoms. The van der Waals surface area contributed by atoms with Crippen LogP contribution in [0.3, 0.4) is 0 Å². The molecule has 0 bridgehead atoms. The number of rotatable bonds is 4. The highest BCUT2D eigenvalue weighted by Gasteiger charge is 2.19. The average Bonchev–Trinajstić information content (AvgIpc) is 3.05. The van der Waals surface area contributed by atoms with Gasteiger partial charge in [-0.3, -0.25) is 9.20 Å². The molecular weight excluding hydrogens is 348 g/mol. The summed E-state index contributed by atoms with van der Waals surface area (Å²) in [6.07, 6.45) is 0. The standard InChI is InChI=1S/C19H16N4O2S/c1-12(18(25)20-14-6-4-7-15(24)11-14)26-19-22-21-17-10-9-13-5-2-3-8-16(13)23(17)19/h2-12,24H,1H3,(H,20,25). The minimum Gasteiger partial charge on any atom is -0.508 e. The third-order valence-electron chi connectivity index (χ3n) is 4.01. The van der Waals surface area contributed by atoms with Crippen LogP contribution in [0.5, 0.6) is 5.75 Å².